The van der Waals surface area contributed by atoms with Crippen LogP contribution in [0.1, 0.15) is 44.4 Å². The second-order valence-electron chi connectivity index (χ2n) is 5.30. The van der Waals surface area contributed by atoms with Crippen LogP contribution in [-0.4, -0.2) is 17.6 Å². The van der Waals surface area contributed by atoms with Crippen LogP contribution >= 0.6 is 0 Å². The predicted octanol–water partition coefficient (Wildman–Crippen LogP) is 2.96. The summed E-state index contributed by atoms with van der Waals surface area (Å²) in [5.41, 5.74) is 2.59. The molecular weight excluding hydrogens is 208 g/mol. The van der Waals surface area contributed by atoms with Gasteiger partial charge >= 0.3 is 0 Å². The van der Waals surface area contributed by atoms with Gasteiger partial charge in [-0.15, -0.1) is 0 Å². The molecule has 0 amide bonds. The van der Waals surface area contributed by atoms with Crippen molar-refractivity contribution in [2.24, 2.45) is 5.92 Å². The van der Waals surface area contributed by atoms with Gasteiger partial charge in [0, 0.05) is 17.9 Å². The third-order valence-corrected chi connectivity index (χ3v) is 3.87. The quantitative estimate of drug-likeness (QED) is 0.863. The van der Waals surface area contributed by atoms with Gasteiger partial charge in [-0.2, -0.15) is 0 Å². The van der Waals surface area contributed by atoms with Crippen LogP contribution in [0.3, 0.4) is 0 Å². The summed E-state index contributed by atoms with van der Waals surface area (Å²) in [6, 6.07) is 5.12. The maximum absolute atomic E-state index is 4.53. The van der Waals surface area contributed by atoms with Gasteiger partial charge in [-0.3, -0.25) is 4.98 Å². The van der Waals surface area contributed by atoms with Crippen molar-refractivity contribution < 1.29 is 0 Å². The third-order valence-electron chi connectivity index (χ3n) is 3.87. The molecule has 0 spiro atoms. The van der Waals surface area contributed by atoms with Crippen LogP contribution in [0.25, 0.3) is 0 Å². The Morgan fingerprint density at radius 3 is 2.82 bits per heavy atom. The standard InChI is InChI=1S/C15H24N2/c1-3-13-6-8-15(17-10-13)9-7-14-5-4-12(2)16-11-14/h6,8,10,12,14,16H,3-5,7,9,11H2,1-2H3. The first kappa shape index (κ1) is 12.6. The van der Waals surface area contributed by atoms with Crippen LogP contribution in [0.4, 0.5) is 0 Å². The highest BCUT2D eigenvalue weighted by molar-refractivity contribution is 5.13. The summed E-state index contributed by atoms with van der Waals surface area (Å²) in [6.45, 7) is 5.64. The van der Waals surface area contributed by atoms with E-state index in [0.717, 1.165) is 18.8 Å². The molecule has 0 aromatic carbocycles. The number of aromatic nitrogens is 1. The molecular formula is C15H24N2. The molecule has 17 heavy (non-hydrogen) atoms. The molecule has 2 heterocycles. The minimum absolute atomic E-state index is 0.716. The van der Waals surface area contributed by atoms with Gasteiger partial charge in [-0.05, 0) is 63.1 Å². The lowest BCUT2D eigenvalue weighted by molar-refractivity contribution is 0.309. The molecule has 0 saturated carbocycles. The fourth-order valence-electron chi connectivity index (χ4n) is 2.47. The van der Waals surface area contributed by atoms with Crippen molar-refractivity contribution in [3.8, 4) is 0 Å². The predicted molar refractivity (Wildman–Crippen MR) is 72.1 cm³/mol. The highest BCUT2D eigenvalue weighted by atomic mass is 14.9. The van der Waals surface area contributed by atoms with E-state index in [1.165, 1.54) is 37.1 Å². The Balaban J connectivity index is 1.77. The molecule has 1 N–H and O–H groups in total. The Morgan fingerprint density at radius 2 is 2.24 bits per heavy atom. The molecule has 2 atom stereocenters. The van der Waals surface area contributed by atoms with Gasteiger partial charge in [-0.25, -0.2) is 0 Å². The number of pyridine rings is 1. The van der Waals surface area contributed by atoms with Crippen molar-refractivity contribution in [1.82, 2.24) is 10.3 Å². The average Bonchev–Trinajstić information content (AvgIpc) is 2.39. The third kappa shape index (κ3) is 3.81. The zero-order valence-corrected chi connectivity index (χ0v) is 11.1. The van der Waals surface area contributed by atoms with Crippen LogP contribution in [0, 0.1) is 5.92 Å². The summed E-state index contributed by atoms with van der Waals surface area (Å²) < 4.78 is 0. The Morgan fingerprint density at radius 1 is 1.35 bits per heavy atom. The van der Waals surface area contributed by atoms with E-state index in [1.54, 1.807) is 0 Å². The molecule has 2 heteroatoms. The number of hydrogen-bond donors (Lipinski definition) is 1. The Bertz CT molecular complexity index is 323. The highest BCUT2D eigenvalue weighted by Crippen LogP contribution is 2.19. The Hall–Kier alpha value is -0.890. The van der Waals surface area contributed by atoms with Gasteiger partial charge in [0.1, 0.15) is 0 Å². The molecule has 94 valence electrons. The minimum Gasteiger partial charge on any atom is -0.314 e. The molecule has 0 bridgehead atoms. The topological polar surface area (TPSA) is 24.9 Å². The molecule has 2 nitrogen and oxygen atoms in total. The van der Waals surface area contributed by atoms with Gasteiger partial charge in [0.15, 0.2) is 0 Å². The lowest BCUT2D eigenvalue weighted by atomic mass is 9.91. The lowest BCUT2D eigenvalue weighted by Crippen LogP contribution is -2.36. The van der Waals surface area contributed by atoms with E-state index in [-0.39, 0.29) is 0 Å². The van der Waals surface area contributed by atoms with E-state index in [0.29, 0.717) is 6.04 Å². The number of nitrogens with one attached hydrogen (secondary N) is 1. The number of aryl methyl sites for hydroxylation is 2. The molecule has 2 rings (SSSR count). The van der Waals surface area contributed by atoms with Gasteiger partial charge in [0.2, 0.25) is 0 Å². The van der Waals surface area contributed by atoms with Crippen LogP contribution in [0.15, 0.2) is 18.3 Å². The molecule has 2 unspecified atom stereocenters. The fourth-order valence-corrected chi connectivity index (χ4v) is 2.47. The number of rotatable bonds is 4. The van der Waals surface area contributed by atoms with Gasteiger partial charge in [-0.1, -0.05) is 13.0 Å². The Kier molecular flexibility index (Phi) is 4.55. The van der Waals surface area contributed by atoms with Crippen molar-refractivity contribution in [3.05, 3.63) is 29.6 Å². The maximum atomic E-state index is 4.53. The summed E-state index contributed by atoms with van der Waals surface area (Å²) in [4.78, 5) is 4.53. The van der Waals surface area contributed by atoms with E-state index < -0.39 is 0 Å². The number of hydrogen-bond acceptors (Lipinski definition) is 2. The largest absolute Gasteiger partial charge is 0.314 e. The van der Waals surface area contributed by atoms with E-state index >= 15 is 0 Å². The molecule has 1 aromatic rings. The smallest absolute Gasteiger partial charge is 0.0403 e. The first-order valence-corrected chi connectivity index (χ1v) is 6.95. The summed E-state index contributed by atoms with van der Waals surface area (Å²) in [5, 5.41) is 3.57. The fraction of sp³-hybridized carbons (Fsp3) is 0.667. The SMILES string of the molecule is CCc1ccc(CCC2CCC(C)NC2)nc1. The van der Waals surface area contributed by atoms with Crippen LogP contribution in [0.5, 0.6) is 0 Å². The van der Waals surface area contributed by atoms with E-state index in [4.69, 9.17) is 0 Å². The normalized spacial score (nSPS) is 24.8. The van der Waals surface area contributed by atoms with Crippen molar-refractivity contribution >= 4 is 0 Å². The first-order valence-electron chi connectivity index (χ1n) is 6.95. The van der Waals surface area contributed by atoms with Crippen molar-refractivity contribution in [2.45, 2.75) is 52.0 Å². The highest BCUT2D eigenvalue weighted by Gasteiger charge is 2.17. The zero-order valence-electron chi connectivity index (χ0n) is 11.1. The summed E-state index contributed by atoms with van der Waals surface area (Å²) in [7, 11) is 0. The molecule has 1 aliphatic rings. The van der Waals surface area contributed by atoms with Crippen LogP contribution in [-0.2, 0) is 12.8 Å². The molecule has 1 fully saturated rings. The summed E-state index contributed by atoms with van der Waals surface area (Å²) >= 11 is 0. The summed E-state index contributed by atoms with van der Waals surface area (Å²) in [5.74, 6) is 0.846. The van der Waals surface area contributed by atoms with Crippen molar-refractivity contribution in [3.63, 3.8) is 0 Å². The van der Waals surface area contributed by atoms with Gasteiger partial charge < -0.3 is 5.32 Å². The number of piperidine rings is 1. The molecule has 1 saturated heterocycles. The lowest BCUT2D eigenvalue weighted by Gasteiger charge is -2.27. The van der Waals surface area contributed by atoms with E-state index in [2.05, 4.69) is 36.3 Å². The van der Waals surface area contributed by atoms with E-state index in [1.807, 2.05) is 6.20 Å². The minimum atomic E-state index is 0.716. The molecule has 1 aliphatic heterocycles. The second-order valence-corrected chi connectivity index (χ2v) is 5.30. The maximum Gasteiger partial charge on any atom is 0.0403 e. The van der Waals surface area contributed by atoms with Gasteiger partial charge in [0.05, 0.1) is 0 Å². The zero-order chi connectivity index (χ0) is 12.1. The van der Waals surface area contributed by atoms with Crippen molar-refractivity contribution in [1.29, 1.82) is 0 Å². The first-order chi connectivity index (χ1) is 8.28. The van der Waals surface area contributed by atoms with Crippen LogP contribution < -0.4 is 5.32 Å². The molecule has 1 aromatic heterocycles. The van der Waals surface area contributed by atoms with Crippen LogP contribution in [0.2, 0.25) is 0 Å². The number of nitrogens with zero attached hydrogens (tertiary/aromatic N) is 1. The van der Waals surface area contributed by atoms with E-state index in [9.17, 15) is 0 Å². The Labute approximate surface area is 105 Å². The molecule has 0 aliphatic carbocycles. The second kappa shape index (κ2) is 6.15. The van der Waals surface area contributed by atoms with Gasteiger partial charge in [0.25, 0.3) is 0 Å². The van der Waals surface area contributed by atoms with Crippen molar-refractivity contribution in [2.75, 3.05) is 6.54 Å². The average molecular weight is 232 g/mol. The summed E-state index contributed by atoms with van der Waals surface area (Å²) in [6.07, 6.45) is 8.21. The monoisotopic (exact) mass is 232 g/mol. The molecule has 0 radical (unpaired) electrons.